The Morgan fingerprint density at radius 1 is 1.10 bits per heavy atom. The lowest BCUT2D eigenvalue weighted by Gasteiger charge is -2.47. The van der Waals surface area contributed by atoms with Gasteiger partial charge < -0.3 is 10.5 Å². The Morgan fingerprint density at radius 2 is 1.90 bits per heavy atom. The highest BCUT2D eigenvalue weighted by molar-refractivity contribution is 6.11. The first-order chi connectivity index (χ1) is 14.6. The molecule has 1 unspecified atom stereocenters. The van der Waals surface area contributed by atoms with Crippen LogP contribution in [0.25, 0.3) is 0 Å². The molecule has 158 valence electrons. The number of aliphatic imine (C=N–C) groups is 2. The van der Waals surface area contributed by atoms with Crippen LogP contribution in [0.3, 0.4) is 0 Å². The number of hydrogen-bond acceptors (Lipinski definition) is 5. The number of benzene rings is 1. The average molecular weight is 405 g/mol. The van der Waals surface area contributed by atoms with Gasteiger partial charge in [-0.25, -0.2) is 4.99 Å². The third kappa shape index (κ3) is 2.17. The number of hydrogen-bond donors (Lipinski definition) is 1. The molecule has 30 heavy (non-hydrogen) atoms. The van der Waals surface area contributed by atoms with Gasteiger partial charge in [-0.3, -0.25) is 9.89 Å². The van der Waals surface area contributed by atoms with E-state index in [1.807, 2.05) is 7.11 Å². The molecule has 1 aromatic rings. The standard InChI is InChI=1S/C25H32N4O/c1-30-19-6-8-24(9-7-19)13-18-5-4-17(16-2-3-16)12-20(18)25(24)21-27-14-23(10-11-23)15-29(21)22(26)28-25/h4-5,12,16,19H,2-3,6-11,13-15H2,1H3,(H2,26,28). The van der Waals surface area contributed by atoms with Crippen molar-refractivity contribution in [2.24, 2.45) is 26.5 Å². The lowest BCUT2D eigenvalue weighted by atomic mass is 9.61. The van der Waals surface area contributed by atoms with Gasteiger partial charge in [0.15, 0.2) is 11.5 Å². The Morgan fingerprint density at radius 3 is 2.60 bits per heavy atom. The summed E-state index contributed by atoms with van der Waals surface area (Å²) >= 11 is 0. The fraction of sp³-hybridized carbons (Fsp3) is 0.680. The molecule has 3 spiro atoms. The highest BCUT2D eigenvalue weighted by atomic mass is 16.5. The topological polar surface area (TPSA) is 63.2 Å². The minimum Gasteiger partial charge on any atom is -0.381 e. The van der Waals surface area contributed by atoms with Crippen LogP contribution < -0.4 is 5.73 Å². The van der Waals surface area contributed by atoms with E-state index in [-0.39, 0.29) is 11.0 Å². The van der Waals surface area contributed by atoms with Crippen molar-refractivity contribution >= 4 is 11.8 Å². The lowest BCUT2D eigenvalue weighted by Crippen LogP contribution is -2.55. The molecule has 6 aliphatic rings. The molecule has 3 saturated carbocycles. The van der Waals surface area contributed by atoms with Crippen molar-refractivity contribution in [3.8, 4) is 0 Å². The number of guanidine groups is 1. The van der Waals surface area contributed by atoms with Gasteiger partial charge in [0.2, 0.25) is 0 Å². The van der Waals surface area contributed by atoms with Gasteiger partial charge in [-0.1, -0.05) is 18.2 Å². The zero-order chi connectivity index (χ0) is 20.1. The molecule has 1 aromatic carbocycles. The zero-order valence-corrected chi connectivity index (χ0v) is 18.0. The van der Waals surface area contributed by atoms with E-state index in [4.69, 9.17) is 20.5 Å². The van der Waals surface area contributed by atoms with E-state index in [0.29, 0.717) is 17.5 Å². The summed E-state index contributed by atoms with van der Waals surface area (Å²) in [6, 6.07) is 7.28. The van der Waals surface area contributed by atoms with Crippen molar-refractivity contribution in [1.82, 2.24) is 4.90 Å². The van der Waals surface area contributed by atoms with Crippen molar-refractivity contribution in [1.29, 1.82) is 0 Å². The molecular weight excluding hydrogens is 372 g/mol. The molecule has 0 radical (unpaired) electrons. The summed E-state index contributed by atoms with van der Waals surface area (Å²) in [6.45, 7) is 1.97. The molecule has 0 bridgehead atoms. The average Bonchev–Trinajstić information content (AvgIpc) is 3.69. The predicted molar refractivity (Wildman–Crippen MR) is 118 cm³/mol. The number of fused-ring (bicyclic) bond motifs is 5. The molecule has 2 N–H and O–H groups in total. The van der Waals surface area contributed by atoms with Crippen LogP contribution in [0.4, 0.5) is 0 Å². The Bertz CT molecular complexity index is 981. The summed E-state index contributed by atoms with van der Waals surface area (Å²) in [4.78, 5) is 13.0. The first-order valence-corrected chi connectivity index (χ1v) is 11.9. The lowest BCUT2D eigenvalue weighted by molar-refractivity contribution is 0.0111. The molecule has 0 amide bonds. The van der Waals surface area contributed by atoms with Crippen LogP contribution in [-0.4, -0.2) is 43.0 Å². The van der Waals surface area contributed by atoms with Gasteiger partial charge in [0.25, 0.3) is 0 Å². The molecule has 7 rings (SSSR count). The van der Waals surface area contributed by atoms with E-state index in [1.54, 1.807) is 0 Å². The third-order valence-corrected chi connectivity index (χ3v) is 9.24. The summed E-state index contributed by atoms with van der Waals surface area (Å²) in [5.74, 6) is 2.62. The fourth-order valence-corrected chi connectivity index (χ4v) is 7.05. The second kappa shape index (κ2) is 5.67. The van der Waals surface area contributed by atoms with Crippen LogP contribution in [0.5, 0.6) is 0 Å². The molecule has 0 saturated heterocycles. The molecule has 5 heteroatoms. The van der Waals surface area contributed by atoms with E-state index in [2.05, 4.69) is 23.1 Å². The van der Waals surface area contributed by atoms with Crippen LogP contribution in [0.1, 0.15) is 74.0 Å². The maximum atomic E-state index is 6.67. The summed E-state index contributed by atoms with van der Waals surface area (Å²) < 4.78 is 5.74. The number of rotatable bonds is 2. The Balaban J connectivity index is 1.41. The maximum absolute atomic E-state index is 6.67. The van der Waals surface area contributed by atoms with Crippen LogP contribution in [0.15, 0.2) is 28.2 Å². The molecule has 2 heterocycles. The van der Waals surface area contributed by atoms with Crippen molar-refractivity contribution in [3.63, 3.8) is 0 Å². The Labute approximate surface area is 178 Å². The number of amidine groups is 1. The van der Waals surface area contributed by atoms with Gasteiger partial charge in [0.1, 0.15) is 5.84 Å². The Kier molecular flexibility index (Phi) is 3.36. The third-order valence-electron chi connectivity index (χ3n) is 9.24. The summed E-state index contributed by atoms with van der Waals surface area (Å²) in [5.41, 5.74) is 11.1. The largest absolute Gasteiger partial charge is 0.381 e. The first-order valence-electron chi connectivity index (χ1n) is 11.9. The molecule has 4 aliphatic carbocycles. The molecule has 3 fully saturated rings. The molecule has 2 aliphatic heterocycles. The number of nitrogens with two attached hydrogens (primary N) is 1. The highest BCUT2D eigenvalue weighted by Gasteiger charge is 2.67. The number of ether oxygens (including phenoxy) is 1. The van der Waals surface area contributed by atoms with E-state index >= 15 is 0 Å². The van der Waals surface area contributed by atoms with E-state index < -0.39 is 0 Å². The quantitative estimate of drug-likeness (QED) is 0.817. The van der Waals surface area contributed by atoms with Gasteiger partial charge >= 0.3 is 0 Å². The summed E-state index contributed by atoms with van der Waals surface area (Å²) in [6.07, 6.45) is 11.2. The smallest absolute Gasteiger partial charge is 0.198 e. The van der Waals surface area contributed by atoms with Gasteiger partial charge in [-0.05, 0) is 80.4 Å². The van der Waals surface area contributed by atoms with Crippen molar-refractivity contribution in [2.75, 3.05) is 20.2 Å². The van der Waals surface area contributed by atoms with Crippen molar-refractivity contribution in [2.45, 2.75) is 75.3 Å². The SMILES string of the molecule is COC1CCC2(CC1)Cc1ccc(C3CC3)cc1C21N=C(N)N2CC3(CC3)CN=C21. The molecule has 0 aromatic heterocycles. The monoisotopic (exact) mass is 404 g/mol. The summed E-state index contributed by atoms with van der Waals surface area (Å²) in [7, 11) is 1.86. The molecule has 5 nitrogen and oxygen atoms in total. The second-order valence-electron chi connectivity index (χ2n) is 11.0. The summed E-state index contributed by atoms with van der Waals surface area (Å²) in [5, 5.41) is 0. The zero-order valence-electron chi connectivity index (χ0n) is 18.0. The minimum absolute atomic E-state index is 0.0821. The van der Waals surface area contributed by atoms with Gasteiger partial charge in [0, 0.05) is 31.0 Å². The first kappa shape index (κ1) is 17.8. The van der Waals surface area contributed by atoms with Crippen molar-refractivity contribution < 1.29 is 4.74 Å². The number of nitrogens with zero attached hydrogens (tertiary/aromatic N) is 3. The van der Waals surface area contributed by atoms with Gasteiger partial charge in [-0.15, -0.1) is 0 Å². The molecular formula is C25H32N4O. The Hall–Kier alpha value is -1.88. The van der Waals surface area contributed by atoms with Crippen molar-refractivity contribution in [3.05, 3.63) is 34.9 Å². The van der Waals surface area contributed by atoms with Gasteiger partial charge in [-0.2, -0.15) is 0 Å². The second-order valence-corrected chi connectivity index (χ2v) is 11.0. The minimum atomic E-state index is -0.382. The van der Waals surface area contributed by atoms with Crippen LogP contribution in [-0.2, 0) is 16.7 Å². The number of methoxy groups -OCH3 is 1. The van der Waals surface area contributed by atoms with Crippen LogP contribution >= 0.6 is 0 Å². The maximum Gasteiger partial charge on any atom is 0.198 e. The van der Waals surface area contributed by atoms with E-state index in [0.717, 1.165) is 51.1 Å². The molecule has 1 atom stereocenters. The van der Waals surface area contributed by atoms with Gasteiger partial charge in [0.05, 0.1) is 6.10 Å². The fourth-order valence-electron chi connectivity index (χ4n) is 7.05. The van der Waals surface area contributed by atoms with Crippen LogP contribution in [0.2, 0.25) is 0 Å². The van der Waals surface area contributed by atoms with E-state index in [9.17, 15) is 0 Å². The predicted octanol–water partition coefficient (Wildman–Crippen LogP) is 3.71. The normalized spacial score (nSPS) is 38.0. The van der Waals surface area contributed by atoms with E-state index in [1.165, 1.54) is 48.2 Å². The highest BCUT2D eigenvalue weighted by Crippen LogP contribution is 2.64. The van der Waals surface area contributed by atoms with Crippen LogP contribution in [0, 0.1) is 10.8 Å².